The molecule has 0 aromatic carbocycles. The van der Waals surface area contributed by atoms with Crippen molar-refractivity contribution in [1.29, 1.82) is 0 Å². The molecule has 0 atom stereocenters. The highest BCUT2D eigenvalue weighted by atomic mass is 16.2. The number of hydrogen-bond donors (Lipinski definition) is 1. The van der Waals surface area contributed by atoms with Crippen molar-refractivity contribution in [3.8, 4) is 0 Å². The zero-order valence-electron chi connectivity index (χ0n) is 11.1. The minimum atomic E-state index is -0.123. The van der Waals surface area contributed by atoms with Crippen molar-refractivity contribution < 1.29 is 4.79 Å². The molecule has 2 heterocycles. The number of carbonyl (C=O) groups is 1. The van der Waals surface area contributed by atoms with Crippen LogP contribution in [0.5, 0.6) is 0 Å². The zero-order valence-corrected chi connectivity index (χ0v) is 11.1. The van der Waals surface area contributed by atoms with Crippen molar-refractivity contribution in [1.82, 2.24) is 25.2 Å². The predicted octanol–water partition coefficient (Wildman–Crippen LogP) is 0.265. The van der Waals surface area contributed by atoms with Gasteiger partial charge in [-0.25, -0.2) is 9.69 Å². The maximum atomic E-state index is 11.2. The van der Waals surface area contributed by atoms with E-state index in [-0.39, 0.29) is 5.91 Å². The van der Waals surface area contributed by atoms with Gasteiger partial charge in [0.2, 0.25) is 5.91 Å². The molecule has 0 spiro atoms. The largest absolute Gasteiger partial charge is 0.274 e. The molecule has 7 heteroatoms. The second-order valence-corrected chi connectivity index (χ2v) is 4.30. The van der Waals surface area contributed by atoms with Gasteiger partial charge in [0.1, 0.15) is 6.67 Å². The molecule has 1 N–H and O–H groups in total. The van der Waals surface area contributed by atoms with Gasteiger partial charge < -0.3 is 0 Å². The molecule has 0 saturated heterocycles. The SMILES string of the molecule is CCN1CN(NC(C)=O)C(n2nc(C)cc2C)=N1. The highest BCUT2D eigenvalue weighted by Crippen LogP contribution is 2.10. The first-order valence-electron chi connectivity index (χ1n) is 5.93. The maximum absolute atomic E-state index is 11.2. The van der Waals surface area contributed by atoms with E-state index in [0.717, 1.165) is 17.9 Å². The van der Waals surface area contributed by atoms with Gasteiger partial charge in [-0.05, 0) is 26.8 Å². The van der Waals surface area contributed by atoms with Crippen LogP contribution in [0.1, 0.15) is 25.2 Å². The van der Waals surface area contributed by atoms with Crippen LogP contribution in [0.2, 0.25) is 0 Å². The summed E-state index contributed by atoms with van der Waals surface area (Å²) in [6.45, 7) is 8.69. The molecule has 0 fully saturated rings. The van der Waals surface area contributed by atoms with Crippen LogP contribution >= 0.6 is 0 Å². The molecule has 1 aliphatic heterocycles. The van der Waals surface area contributed by atoms with Crippen LogP contribution in [0, 0.1) is 13.8 Å². The molecule has 2 rings (SSSR count). The van der Waals surface area contributed by atoms with Crippen molar-refractivity contribution in [2.75, 3.05) is 13.2 Å². The van der Waals surface area contributed by atoms with Gasteiger partial charge in [-0.1, -0.05) is 0 Å². The van der Waals surface area contributed by atoms with E-state index in [1.165, 1.54) is 6.92 Å². The first-order valence-corrected chi connectivity index (χ1v) is 5.93. The second kappa shape index (κ2) is 4.67. The quantitative estimate of drug-likeness (QED) is 0.818. The average molecular weight is 250 g/mol. The smallest absolute Gasteiger partial charge is 0.264 e. The topological polar surface area (TPSA) is 65.8 Å². The van der Waals surface area contributed by atoms with E-state index >= 15 is 0 Å². The van der Waals surface area contributed by atoms with Crippen LogP contribution in [0.25, 0.3) is 0 Å². The minimum absolute atomic E-state index is 0.123. The third-order valence-electron chi connectivity index (χ3n) is 2.63. The second-order valence-electron chi connectivity index (χ2n) is 4.30. The molecule has 0 aliphatic carbocycles. The lowest BCUT2D eigenvalue weighted by Crippen LogP contribution is -2.47. The van der Waals surface area contributed by atoms with Gasteiger partial charge in [-0.2, -0.15) is 5.10 Å². The Bertz CT molecular complexity index is 492. The first kappa shape index (κ1) is 12.4. The van der Waals surface area contributed by atoms with Crippen LogP contribution in [0.4, 0.5) is 0 Å². The molecule has 98 valence electrons. The fraction of sp³-hybridized carbons (Fsp3) is 0.545. The van der Waals surface area contributed by atoms with Crippen LogP contribution < -0.4 is 5.43 Å². The Morgan fingerprint density at radius 1 is 1.50 bits per heavy atom. The van der Waals surface area contributed by atoms with Crippen LogP contribution in [0.15, 0.2) is 11.2 Å². The molecular formula is C11H18N6O. The third-order valence-corrected chi connectivity index (χ3v) is 2.63. The number of hydrazone groups is 1. The molecule has 7 nitrogen and oxygen atoms in total. The molecule has 1 aromatic heterocycles. The Hall–Kier alpha value is -2.05. The summed E-state index contributed by atoms with van der Waals surface area (Å²) < 4.78 is 1.74. The number of aromatic nitrogens is 2. The number of aryl methyl sites for hydroxylation is 2. The molecule has 0 bridgehead atoms. The Balaban J connectivity index is 2.32. The standard InChI is InChI=1S/C11H18N6O/c1-5-15-7-16(13-10(4)18)11(14-15)17-9(3)6-8(2)12-17/h6H,5,7H2,1-4H3,(H,13,18). The lowest BCUT2D eigenvalue weighted by molar-refractivity contribution is -0.122. The summed E-state index contributed by atoms with van der Waals surface area (Å²) in [5, 5.41) is 12.4. The van der Waals surface area contributed by atoms with Crippen LogP contribution in [-0.4, -0.2) is 44.9 Å². The fourth-order valence-corrected chi connectivity index (χ4v) is 1.87. The van der Waals surface area contributed by atoms with Crippen molar-refractivity contribution in [3.05, 3.63) is 17.5 Å². The van der Waals surface area contributed by atoms with Gasteiger partial charge in [-0.3, -0.25) is 15.2 Å². The highest BCUT2D eigenvalue weighted by Gasteiger charge is 2.26. The molecule has 0 radical (unpaired) electrons. The van der Waals surface area contributed by atoms with E-state index in [2.05, 4.69) is 15.6 Å². The molecule has 1 aromatic rings. The van der Waals surface area contributed by atoms with E-state index in [9.17, 15) is 4.79 Å². The number of nitrogens with zero attached hydrogens (tertiary/aromatic N) is 5. The van der Waals surface area contributed by atoms with Crippen LogP contribution in [0.3, 0.4) is 0 Å². The molecule has 0 saturated carbocycles. The van der Waals surface area contributed by atoms with Gasteiger partial charge in [0.25, 0.3) is 5.96 Å². The summed E-state index contributed by atoms with van der Waals surface area (Å²) in [7, 11) is 0. The van der Waals surface area contributed by atoms with Crippen molar-refractivity contribution in [2.24, 2.45) is 5.10 Å². The first-order chi connectivity index (χ1) is 8.51. The Kier molecular flexibility index (Phi) is 3.22. The highest BCUT2D eigenvalue weighted by molar-refractivity contribution is 5.85. The summed E-state index contributed by atoms with van der Waals surface area (Å²) in [4.78, 5) is 11.2. The zero-order chi connectivity index (χ0) is 13.3. The lowest BCUT2D eigenvalue weighted by Gasteiger charge is -2.20. The summed E-state index contributed by atoms with van der Waals surface area (Å²) in [5.41, 5.74) is 4.66. The van der Waals surface area contributed by atoms with Crippen molar-refractivity contribution in [3.63, 3.8) is 0 Å². The number of amides is 1. The average Bonchev–Trinajstić information content (AvgIpc) is 2.81. The van der Waals surface area contributed by atoms with Gasteiger partial charge in [0.05, 0.1) is 5.69 Å². The summed E-state index contributed by atoms with van der Waals surface area (Å²) >= 11 is 0. The van der Waals surface area contributed by atoms with E-state index < -0.39 is 0 Å². The Morgan fingerprint density at radius 2 is 2.22 bits per heavy atom. The number of carbonyl (C=O) groups excluding carboxylic acids is 1. The Morgan fingerprint density at radius 3 is 2.72 bits per heavy atom. The number of hydrogen-bond acceptors (Lipinski definition) is 5. The lowest BCUT2D eigenvalue weighted by atomic mass is 10.4. The van der Waals surface area contributed by atoms with E-state index in [1.807, 2.05) is 31.8 Å². The monoisotopic (exact) mass is 250 g/mol. The van der Waals surface area contributed by atoms with E-state index in [1.54, 1.807) is 9.69 Å². The molecule has 1 amide bonds. The summed E-state index contributed by atoms with van der Waals surface area (Å²) in [5.74, 6) is 0.500. The van der Waals surface area contributed by atoms with Gasteiger partial charge in [0, 0.05) is 19.2 Å². The van der Waals surface area contributed by atoms with Crippen LogP contribution in [-0.2, 0) is 4.79 Å². The third kappa shape index (κ3) is 2.29. The van der Waals surface area contributed by atoms with Gasteiger partial charge in [0.15, 0.2) is 0 Å². The summed E-state index contributed by atoms with van der Waals surface area (Å²) in [6.07, 6.45) is 0. The van der Waals surface area contributed by atoms with E-state index in [0.29, 0.717) is 12.6 Å². The van der Waals surface area contributed by atoms with Gasteiger partial charge >= 0.3 is 0 Å². The molecule has 1 aliphatic rings. The molecule has 0 unspecified atom stereocenters. The summed E-state index contributed by atoms with van der Waals surface area (Å²) in [6, 6.07) is 1.98. The number of hydrazine groups is 1. The predicted molar refractivity (Wildman–Crippen MR) is 67.4 cm³/mol. The normalized spacial score (nSPS) is 15.0. The number of rotatable bonds is 2. The Labute approximate surface area is 106 Å². The minimum Gasteiger partial charge on any atom is -0.274 e. The maximum Gasteiger partial charge on any atom is 0.264 e. The fourth-order valence-electron chi connectivity index (χ4n) is 1.87. The number of nitrogens with one attached hydrogen (secondary N) is 1. The van der Waals surface area contributed by atoms with E-state index in [4.69, 9.17) is 0 Å². The molecule has 18 heavy (non-hydrogen) atoms. The molecular weight excluding hydrogens is 232 g/mol. The van der Waals surface area contributed by atoms with Gasteiger partial charge in [-0.15, -0.1) is 5.10 Å². The van der Waals surface area contributed by atoms with Crippen molar-refractivity contribution in [2.45, 2.75) is 27.7 Å². The van der Waals surface area contributed by atoms with Crippen molar-refractivity contribution >= 4 is 11.9 Å².